The molecule has 1 fully saturated rings. The van der Waals surface area contributed by atoms with Crippen LogP contribution in [0.15, 0.2) is 52.1 Å². The lowest BCUT2D eigenvalue weighted by Crippen LogP contribution is -2.45. The fraction of sp³-hybridized carbons (Fsp3) is 0.500. The number of ketones is 1. The molecule has 1 amide bonds. The molecule has 1 saturated heterocycles. The highest BCUT2D eigenvalue weighted by Crippen LogP contribution is 2.48. The summed E-state index contributed by atoms with van der Waals surface area (Å²) in [4.78, 5) is 31.2. The van der Waals surface area contributed by atoms with Crippen molar-refractivity contribution in [3.63, 3.8) is 0 Å². The summed E-state index contributed by atoms with van der Waals surface area (Å²) in [7, 11) is 0. The number of nitrogens with zero attached hydrogens (tertiary/aromatic N) is 2. The first-order chi connectivity index (χ1) is 17.3. The van der Waals surface area contributed by atoms with E-state index in [4.69, 9.17) is 9.15 Å². The number of aryl methyl sites for hydroxylation is 1. The Bertz CT molecular complexity index is 1160. The molecule has 3 heterocycles. The SMILES string of the molecule is Cc1ccc(C2C3=C(CC(C)(C)CC3=O)Nc3ccccc3N2CC(=O)NCCN2CCOCC2)o1. The van der Waals surface area contributed by atoms with Crippen molar-refractivity contribution in [2.24, 2.45) is 5.41 Å². The van der Waals surface area contributed by atoms with Crippen LogP contribution >= 0.6 is 0 Å². The standard InChI is InChI=1S/C28H36N4O4/c1-19-8-9-24(36-19)27-26-21(16-28(2,3)17-23(26)33)30-20-6-4-5-7-22(20)32(27)18-25(34)29-10-11-31-12-14-35-15-13-31/h4-9,27,30H,10-18H2,1-3H3,(H,29,34). The van der Waals surface area contributed by atoms with Gasteiger partial charge in [-0.1, -0.05) is 26.0 Å². The van der Waals surface area contributed by atoms with Gasteiger partial charge in [0, 0.05) is 43.9 Å². The number of benzene rings is 1. The summed E-state index contributed by atoms with van der Waals surface area (Å²) in [5.41, 5.74) is 3.23. The average Bonchev–Trinajstić information content (AvgIpc) is 3.21. The van der Waals surface area contributed by atoms with Crippen LogP contribution in [-0.4, -0.2) is 62.5 Å². The third kappa shape index (κ3) is 5.20. The maximum absolute atomic E-state index is 13.6. The quantitative estimate of drug-likeness (QED) is 0.637. The fourth-order valence-electron chi connectivity index (χ4n) is 5.51. The number of carbonyl (C=O) groups excluding carboxylic acids is 2. The molecule has 0 spiro atoms. The topological polar surface area (TPSA) is 87.1 Å². The van der Waals surface area contributed by atoms with Crippen LogP contribution in [0.3, 0.4) is 0 Å². The number of Topliss-reactive ketones (excluding diaryl/α,β-unsaturated/α-hetero) is 1. The van der Waals surface area contributed by atoms with Crippen molar-refractivity contribution in [2.75, 3.05) is 56.2 Å². The largest absolute Gasteiger partial charge is 0.464 e. The molecule has 36 heavy (non-hydrogen) atoms. The molecule has 1 atom stereocenters. The van der Waals surface area contributed by atoms with Gasteiger partial charge in [0.25, 0.3) is 0 Å². The van der Waals surface area contributed by atoms with Gasteiger partial charge >= 0.3 is 0 Å². The summed E-state index contributed by atoms with van der Waals surface area (Å²) in [6.45, 7) is 10.9. The minimum atomic E-state index is -0.488. The van der Waals surface area contributed by atoms with Crippen LogP contribution in [0, 0.1) is 12.3 Å². The van der Waals surface area contributed by atoms with E-state index in [1.807, 2.05) is 48.2 Å². The molecule has 5 rings (SSSR count). The predicted octanol–water partition coefficient (Wildman–Crippen LogP) is 3.65. The number of allylic oxidation sites excluding steroid dienone is 1. The van der Waals surface area contributed by atoms with Crippen LogP contribution in [0.5, 0.6) is 0 Å². The molecule has 0 bridgehead atoms. The molecule has 2 N–H and O–H groups in total. The number of hydrogen-bond donors (Lipinski definition) is 2. The Balaban J connectivity index is 1.47. The Hall–Kier alpha value is -3.10. The Morgan fingerprint density at radius 1 is 1.14 bits per heavy atom. The summed E-state index contributed by atoms with van der Waals surface area (Å²) in [6.07, 6.45) is 1.21. The molecule has 2 aliphatic heterocycles. The van der Waals surface area contributed by atoms with Crippen molar-refractivity contribution in [1.29, 1.82) is 0 Å². The number of hydrogen-bond acceptors (Lipinski definition) is 7. The number of carbonyl (C=O) groups is 2. The molecule has 0 radical (unpaired) electrons. The number of para-hydroxylation sites is 2. The van der Waals surface area contributed by atoms with E-state index < -0.39 is 6.04 Å². The van der Waals surface area contributed by atoms with Crippen LogP contribution in [0.1, 0.15) is 44.3 Å². The Morgan fingerprint density at radius 2 is 1.92 bits per heavy atom. The second-order valence-electron chi connectivity index (χ2n) is 10.8. The van der Waals surface area contributed by atoms with E-state index in [0.29, 0.717) is 24.3 Å². The lowest BCUT2D eigenvalue weighted by molar-refractivity contribution is -0.120. The predicted molar refractivity (Wildman–Crippen MR) is 139 cm³/mol. The molecule has 1 unspecified atom stereocenters. The summed E-state index contributed by atoms with van der Waals surface area (Å²) in [6, 6.07) is 11.3. The zero-order valence-electron chi connectivity index (χ0n) is 21.4. The number of morpholine rings is 1. The van der Waals surface area contributed by atoms with Gasteiger partial charge in [-0.2, -0.15) is 0 Å². The molecule has 2 aromatic rings. The summed E-state index contributed by atoms with van der Waals surface area (Å²) < 4.78 is 11.5. The molecule has 8 nitrogen and oxygen atoms in total. The molecule has 1 aromatic heterocycles. The zero-order valence-corrected chi connectivity index (χ0v) is 21.4. The Morgan fingerprint density at radius 3 is 2.67 bits per heavy atom. The fourth-order valence-corrected chi connectivity index (χ4v) is 5.51. The van der Waals surface area contributed by atoms with E-state index in [-0.39, 0.29) is 23.7 Å². The highest BCUT2D eigenvalue weighted by molar-refractivity contribution is 6.01. The van der Waals surface area contributed by atoms with Gasteiger partial charge in [0.05, 0.1) is 31.1 Å². The molecular weight excluding hydrogens is 456 g/mol. The third-order valence-corrected chi connectivity index (χ3v) is 7.20. The minimum Gasteiger partial charge on any atom is -0.464 e. The first-order valence-corrected chi connectivity index (χ1v) is 12.8. The van der Waals surface area contributed by atoms with Crippen LogP contribution in [0.25, 0.3) is 0 Å². The summed E-state index contributed by atoms with van der Waals surface area (Å²) >= 11 is 0. The van der Waals surface area contributed by atoms with Crippen molar-refractivity contribution in [2.45, 2.75) is 39.7 Å². The van der Waals surface area contributed by atoms with Crippen LogP contribution in [-0.2, 0) is 14.3 Å². The smallest absolute Gasteiger partial charge is 0.239 e. The number of nitrogens with one attached hydrogen (secondary N) is 2. The number of fused-ring (bicyclic) bond motifs is 1. The molecular formula is C28H36N4O4. The molecule has 1 aromatic carbocycles. The van der Waals surface area contributed by atoms with Gasteiger partial charge in [-0.15, -0.1) is 0 Å². The van der Waals surface area contributed by atoms with E-state index >= 15 is 0 Å². The highest BCUT2D eigenvalue weighted by Gasteiger charge is 2.43. The Labute approximate surface area is 212 Å². The van der Waals surface area contributed by atoms with E-state index in [1.54, 1.807) is 0 Å². The number of ether oxygens (including phenoxy) is 1. The second-order valence-corrected chi connectivity index (χ2v) is 10.8. The first-order valence-electron chi connectivity index (χ1n) is 12.8. The number of anilines is 2. The number of amides is 1. The normalized spacial score (nSPS) is 21.9. The average molecular weight is 493 g/mol. The van der Waals surface area contributed by atoms with E-state index in [9.17, 15) is 9.59 Å². The van der Waals surface area contributed by atoms with Crippen LogP contribution in [0.2, 0.25) is 0 Å². The maximum atomic E-state index is 13.6. The molecule has 8 heteroatoms. The summed E-state index contributed by atoms with van der Waals surface area (Å²) in [5.74, 6) is 1.46. The Kier molecular flexibility index (Phi) is 6.90. The van der Waals surface area contributed by atoms with Crippen molar-refractivity contribution in [3.8, 4) is 0 Å². The summed E-state index contributed by atoms with van der Waals surface area (Å²) in [5, 5.41) is 6.66. The van der Waals surface area contributed by atoms with Crippen LogP contribution < -0.4 is 15.5 Å². The van der Waals surface area contributed by atoms with Gasteiger partial charge in [0.1, 0.15) is 17.6 Å². The maximum Gasteiger partial charge on any atom is 0.239 e. The van der Waals surface area contributed by atoms with Crippen molar-refractivity contribution in [3.05, 3.63) is 59.2 Å². The van der Waals surface area contributed by atoms with Crippen LogP contribution in [0.4, 0.5) is 11.4 Å². The van der Waals surface area contributed by atoms with E-state index in [0.717, 1.165) is 62.1 Å². The molecule has 1 aliphatic carbocycles. The molecule has 192 valence electrons. The third-order valence-electron chi connectivity index (χ3n) is 7.20. The van der Waals surface area contributed by atoms with Crippen molar-refractivity contribution in [1.82, 2.24) is 10.2 Å². The van der Waals surface area contributed by atoms with Gasteiger partial charge in [0.2, 0.25) is 5.91 Å². The molecule has 0 saturated carbocycles. The molecule has 3 aliphatic rings. The lowest BCUT2D eigenvalue weighted by atomic mass is 9.74. The lowest BCUT2D eigenvalue weighted by Gasteiger charge is -2.36. The van der Waals surface area contributed by atoms with Gasteiger partial charge < -0.3 is 24.7 Å². The first kappa shape index (κ1) is 24.6. The van der Waals surface area contributed by atoms with Gasteiger partial charge in [-0.3, -0.25) is 14.5 Å². The minimum absolute atomic E-state index is 0.0843. The number of furan rings is 1. The van der Waals surface area contributed by atoms with E-state index in [1.165, 1.54) is 0 Å². The monoisotopic (exact) mass is 492 g/mol. The van der Waals surface area contributed by atoms with Gasteiger partial charge in [-0.25, -0.2) is 0 Å². The number of rotatable bonds is 6. The van der Waals surface area contributed by atoms with Gasteiger partial charge in [0.15, 0.2) is 5.78 Å². The second kappa shape index (κ2) is 10.1. The zero-order chi connectivity index (χ0) is 25.3. The van der Waals surface area contributed by atoms with Gasteiger partial charge in [-0.05, 0) is 43.0 Å². The van der Waals surface area contributed by atoms with Crippen molar-refractivity contribution >= 4 is 23.1 Å². The van der Waals surface area contributed by atoms with E-state index in [2.05, 4.69) is 29.4 Å². The highest BCUT2D eigenvalue weighted by atomic mass is 16.5. The van der Waals surface area contributed by atoms with Crippen molar-refractivity contribution < 1.29 is 18.7 Å².